The lowest BCUT2D eigenvalue weighted by molar-refractivity contribution is -0.0478. The second-order valence-corrected chi connectivity index (χ2v) is 4.29. The summed E-state index contributed by atoms with van der Waals surface area (Å²) in [4.78, 5) is 11.6. The van der Waals surface area contributed by atoms with Gasteiger partial charge in [0.2, 0.25) is 0 Å². The van der Waals surface area contributed by atoms with Crippen molar-refractivity contribution in [3.05, 3.63) is 35.1 Å². The molecule has 1 heterocycles. The van der Waals surface area contributed by atoms with Crippen LogP contribution in [0.15, 0.2) is 18.2 Å². The summed E-state index contributed by atoms with van der Waals surface area (Å²) in [5.41, 5.74) is 0.556. The molecule has 0 saturated heterocycles. The summed E-state index contributed by atoms with van der Waals surface area (Å²) in [5, 5.41) is 10.0. The summed E-state index contributed by atoms with van der Waals surface area (Å²) < 4.78 is 18.0. The van der Waals surface area contributed by atoms with Crippen LogP contribution in [0.1, 0.15) is 35.9 Å². The lowest BCUT2D eigenvalue weighted by atomic mass is 9.90. The lowest BCUT2D eigenvalue weighted by Gasteiger charge is -2.31. The average Bonchev–Trinajstić information content (AvgIpc) is 2.22. The third kappa shape index (κ3) is 1.69. The third-order valence-corrected chi connectivity index (χ3v) is 2.77. The molecular weight excluding hydrogens is 211 g/mol. The molecule has 1 aromatic carbocycles. The summed E-state index contributed by atoms with van der Waals surface area (Å²) in [5.74, 6) is -1.07. The first-order valence-corrected chi connectivity index (χ1v) is 5.19. The summed E-state index contributed by atoms with van der Waals surface area (Å²) in [6.07, 6.45) is -1.45. The molecule has 1 aliphatic rings. The first kappa shape index (κ1) is 11.1. The van der Waals surface area contributed by atoms with Crippen molar-refractivity contribution in [2.24, 2.45) is 5.92 Å². The maximum Gasteiger partial charge on any atom is 0.339 e. The number of hydrogen-bond acceptors (Lipinski definition) is 3. The SMILES string of the molecule is CC(C)[C@H]1OC(=O)c2cc(F)ccc2[C@@H]1O. The van der Waals surface area contributed by atoms with E-state index in [0.717, 1.165) is 6.07 Å². The molecule has 1 aromatic rings. The highest BCUT2D eigenvalue weighted by atomic mass is 19.1. The number of carbonyl (C=O) groups excluding carboxylic acids is 1. The maximum atomic E-state index is 13.0. The van der Waals surface area contributed by atoms with Gasteiger partial charge in [-0.1, -0.05) is 19.9 Å². The fourth-order valence-electron chi connectivity index (χ4n) is 1.89. The van der Waals surface area contributed by atoms with Gasteiger partial charge in [0.15, 0.2) is 0 Å². The second kappa shape index (κ2) is 3.87. The van der Waals surface area contributed by atoms with Gasteiger partial charge in [-0.2, -0.15) is 0 Å². The van der Waals surface area contributed by atoms with Gasteiger partial charge < -0.3 is 9.84 Å². The highest BCUT2D eigenvalue weighted by Gasteiger charge is 2.36. The van der Waals surface area contributed by atoms with Gasteiger partial charge in [0.1, 0.15) is 18.0 Å². The number of halogens is 1. The molecule has 0 aromatic heterocycles. The van der Waals surface area contributed by atoms with E-state index in [4.69, 9.17) is 4.74 Å². The van der Waals surface area contributed by atoms with Gasteiger partial charge in [-0.25, -0.2) is 9.18 Å². The average molecular weight is 224 g/mol. The van der Waals surface area contributed by atoms with E-state index in [-0.39, 0.29) is 11.5 Å². The van der Waals surface area contributed by atoms with Crippen LogP contribution in [0.25, 0.3) is 0 Å². The van der Waals surface area contributed by atoms with Crippen molar-refractivity contribution in [2.45, 2.75) is 26.1 Å². The zero-order chi connectivity index (χ0) is 11.9. The van der Waals surface area contributed by atoms with Crippen LogP contribution in [0.3, 0.4) is 0 Å². The molecule has 1 aliphatic heterocycles. The molecule has 0 unspecified atom stereocenters. The van der Waals surface area contributed by atoms with Crippen molar-refractivity contribution in [1.82, 2.24) is 0 Å². The topological polar surface area (TPSA) is 46.5 Å². The van der Waals surface area contributed by atoms with Crippen molar-refractivity contribution in [3.8, 4) is 0 Å². The van der Waals surface area contributed by atoms with Crippen LogP contribution in [0.4, 0.5) is 4.39 Å². The Morgan fingerprint density at radius 1 is 1.44 bits per heavy atom. The molecule has 2 rings (SSSR count). The van der Waals surface area contributed by atoms with Gasteiger partial charge in [0, 0.05) is 0 Å². The number of esters is 1. The summed E-state index contributed by atoms with van der Waals surface area (Å²) in [6, 6.07) is 3.76. The zero-order valence-corrected chi connectivity index (χ0v) is 9.11. The number of aliphatic hydroxyl groups excluding tert-OH is 1. The molecule has 4 heteroatoms. The molecule has 0 saturated carbocycles. The summed E-state index contributed by atoms with van der Waals surface area (Å²) in [7, 11) is 0. The van der Waals surface area contributed by atoms with Gasteiger partial charge in [-0.3, -0.25) is 0 Å². The fraction of sp³-hybridized carbons (Fsp3) is 0.417. The van der Waals surface area contributed by atoms with Crippen LogP contribution in [0.5, 0.6) is 0 Å². The van der Waals surface area contributed by atoms with Gasteiger partial charge in [0.05, 0.1) is 5.56 Å². The van der Waals surface area contributed by atoms with E-state index < -0.39 is 24.0 Å². The number of ether oxygens (including phenoxy) is 1. The van der Waals surface area contributed by atoms with E-state index in [2.05, 4.69) is 0 Å². The third-order valence-electron chi connectivity index (χ3n) is 2.77. The zero-order valence-electron chi connectivity index (χ0n) is 9.11. The Balaban J connectivity index is 2.47. The van der Waals surface area contributed by atoms with E-state index >= 15 is 0 Å². The van der Waals surface area contributed by atoms with E-state index in [1.54, 1.807) is 0 Å². The van der Waals surface area contributed by atoms with E-state index in [1.807, 2.05) is 13.8 Å². The predicted octanol–water partition coefficient (Wildman–Crippen LogP) is 2.05. The Bertz CT molecular complexity index is 428. The molecule has 16 heavy (non-hydrogen) atoms. The minimum atomic E-state index is -0.881. The highest BCUT2D eigenvalue weighted by Crippen LogP contribution is 2.33. The van der Waals surface area contributed by atoms with Crippen LogP contribution in [0, 0.1) is 11.7 Å². The normalized spacial score (nSPS) is 24.2. The van der Waals surface area contributed by atoms with Gasteiger partial charge in [-0.05, 0) is 23.6 Å². The Morgan fingerprint density at radius 3 is 2.75 bits per heavy atom. The standard InChI is InChI=1S/C12H13FO3/c1-6(2)11-10(14)8-4-3-7(13)5-9(8)12(15)16-11/h3-6,10-11,14H,1-2H3/t10-,11+/m0/s1. The number of rotatable bonds is 1. The van der Waals surface area contributed by atoms with E-state index in [1.165, 1.54) is 12.1 Å². The quantitative estimate of drug-likeness (QED) is 0.742. The van der Waals surface area contributed by atoms with Crippen LogP contribution in [0.2, 0.25) is 0 Å². The lowest BCUT2D eigenvalue weighted by Crippen LogP contribution is -2.35. The molecular formula is C12H13FO3. The molecule has 0 spiro atoms. The van der Waals surface area contributed by atoms with Crippen LogP contribution in [-0.2, 0) is 4.74 Å². The van der Waals surface area contributed by atoms with Crippen molar-refractivity contribution in [2.75, 3.05) is 0 Å². The molecule has 0 aliphatic carbocycles. The van der Waals surface area contributed by atoms with Crippen molar-refractivity contribution in [3.63, 3.8) is 0 Å². The first-order chi connectivity index (χ1) is 7.50. The summed E-state index contributed by atoms with van der Waals surface area (Å²) >= 11 is 0. The highest BCUT2D eigenvalue weighted by molar-refractivity contribution is 5.92. The number of cyclic esters (lactones) is 1. The summed E-state index contributed by atoms with van der Waals surface area (Å²) in [6.45, 7) is 3.71. The Kier molecular flexibility index (Phi) is 2.68. The molecule has 0 fully saturated rings. The van der Waals surface area contributed by atoms with Crippen molar-refractivity contribution in [1.29, 1.82) is 0 Å². The molecule has 86 valence electrons. The predicted molar refractivity (Wildman–Crippen MR) is 55.4 cm³/mol. The largest absolute Gasteiger partial charge is 0.455 e. The molecule has 1 N–H and O–H groups in total. The maximum absolute atomic E-state index is 13.0. The smallest absolute Gasteiger partial charge is 0.339 e. The first-order valence-electron chi connectivity index (χ1n) is 5.19. The molecule has 3 nitrogen and oxygen atoms in total. The molecule has 0 radical (unpaired) electrons. The number of carbonyl (C=O) groups is 1. The number of hydrogen-bond donors (Lipinski definition) is 1. The van der Waals surface area contributed by atoms with Crippen LogP contribution in [-0.4, -0.2) is 17.2 Å². The van der Waals surface area contributed by atoms with Crippen molar-refractivity contribution < 1.29 is 19.0 Å². The van der Waals surface area contributed by atoms with Gasteiger partial charge >= 0.3 is 5.97 Å². The van der Waals surface area contributed by atoms with Crippen LogP contribution < -0.4 is 0 Å². The van der Waals surface area contributed by atoms with Crippen LogP contribution >= 0.6 is 0 Å². The minimum absolute atomic E-state index is 0.0113. The number of aliphatic hydroxyl groups is 1. The molecule has 0 amide bonds. The fourth-order valence-corrected chi connectivity index (χ4v) is 1.89. The Labute approximate surface area is 92.9 Å². The Morgan fingerprint density at radius 2 is 2.12 bits per heavy atom. The van der Waals surface area contributed by atoms with E-state index in [9.17, 15) is 14.3 Å². The molecule has 2 atom stereocenters. The van der Waals surface area contributed by atoms with Gasteiger partial charge in [0.25, 0.3) is 0 Å². The van der Waals surface area contributed by atoms with E-state index in [0.29, 0.717) is 5.56 Å². The second-order valence-electron chi connectivity index (χ2n) is 4.29. The monoisotopic (exact) mass is 224 g/mol. The Hall–Kier alpha value is -1.42. The minimum Gasteiger partial charge on any atom is -0.455 e. The van der Waals surface area contributed by atoms with Crippen molar-refractivity contribution >= 4 is 5.97 Å². The number of fused-ring (bicyclic) bond motifs is 1. The van der Waals surface area contributed by atoms with Gasteiger partial charge in [-0.15, -0.1) is 0 Å². The number of benzene rings is 1. The molecule has 0 bridgehead atoms.